The maximum absolute atomic E-state index is 13.4. The third-order valence-electron chi connectivity index (χ3n) is 3.61. The van der Waals surface area contributed by atoms with E-state index < -0.39 is 10.0 Å². The van der Waals surface area contributed by atoms with Crippen LogP contribution < -0.4 is 15.4 Å². The Kier molecular flexibility index (Phi) is 8.55. The number of aliphatic imine (C=N–C) groups is 1. The Morgan fingerprint density at radius 1 is 1.22 bits per heavy atom. The van der Waals surface area contributed by atoms with Crippen LogP contribution in [0.5, 0.6) is 0 Å². The van der Waals surface area contributed by atoms with Gasteiger partial charge in [-0.15, -0.1) is 11.3 Å². The summed E-state index contributed by atoms with van der Waals surface area (Å²) in [4.78, 5) is 4.12. The van der Waals surface area contributed by atoms with Crippen molar-refractivity contribution in [1.29, 1.82) is 0 Å². The minimum Gasteiger partial charge on any atom is -0.355 e. The fourth-order valence-electron chi connectivity index (χ4n) is 2.31. The first-order chi connectivity index (χ1) is 13.0. The standard InChI is InChI=1S/C17H23FN4O2S3/c1-19-17(20-7-8-22-27(23,24)16-4-3-9-26-16)21-11-13-5-6-15(18)10-14(13)12-25-2/h3-6,9-10,22H,7-8,11-12H2,1-2H3,(H2,19,20,21). The Labute approximate surface area is 167 Å². The van der Waals surface area contributed by atoms with Crippen LogP contribution in [0.4, 0.5) is 4.39 Å². The van der Waals surface area contributed by atoms with Crippen molar-refractivity contribution in [2.24, 2.45) is 4.99 Å². The third-order valence-corrected chi connectivity index (χ3v) is 7.07. The molecule has 0 aliphatic rings. The molecule has 27 heavy (non-hydrogen) atoms. The van der Waals surface area contributed by atoms with Crippen molar-refractivity contribution in [2.45, 2.75) is 16.5 Å². The Bertz CT molecular complexity index is 855. The molecule has 10 heteroatoms. The summed E-state index contributed by atoms with van der Waals surface area (Å²) in [5.41, 5.74) is 1.93. The van der Waals surface area contributed by atoms with E-state index in [1.165, 1.54) is 17.4 Å². The number of thioether (sulfide) groups is 1. The number of nitrogens with one attached hydrogen (secondary N) is 3. The maximum Gasteiger partial charge on any atom is 0.250 e. The quantitative estimate of drug-likeness (QED) is 0.323. The summed E-state index contributed by atoms with van der Waals surface area (Å²) < 4.78 is 40.3. The monoisotopic (exact) mass is 430 g/mol. The Morgan fingerprint density at radius 3 is 2.70 bits per heavy atom. The summed E-state index contributed by atoms with van der Waals surface area (Å²) in [5.74, 6) is 1.03. The summed E-state index contributed by atoms with van der Waals surface area (Å²) in [7, 11) is -1.82. The molecule has 0 fully saturated rings. The van der Waals surface area contributed by atoms with Gasteiger partial charge in [0.25, 0.3) is 0 Å². The zero-order valence-electron chi connectivity index (χ0n) is 15.2. The molecule has 1 aromatic heterocycles. The zero-order valence-corrected chi connectivity index (χ0v) is 17.6. The molecule has 0 saturated carbocycles. The molecule has 2 rings (SSSR count). The van der Waals surface area contributed by atoms with Crippen LogP contribution in [0.2, 0.25) is 0 Å². The lowest BCUT2D eigenvalue weighted by atomic mass is 10.1. The molecule has 3 N–H and O–H groups in total. The SMILES string of the molecule is CN=C(NCCNS(=O)(=O)c1cccs1)NCc1ccc(F)cc1CSC. The highest BCUT2D eigenvalue weighted by Gasteiger charge is 2.13. The van der Waals surface area contributed by atoms with Gasteiger partial charge in [-0.3, -0.25) is 4.99 Å². The van der Waals surface area contributed by atoms with Gasteiger partial charge in [0.2, 0.25) is 10.0 Å². The van der Waals surface area contributed by atoms with Crippen LogP contribution in [0, 0.1) is 5.82 Å². The maximum atomic E-state index is 13.4. The molecule has 0 spiro atoms. The lowest BCUT2D eigenvalue weighted by Crippen LogP contribution is -2.41. The van der Waals surface area contributed by atoms with E-state index in [4.69, 9.17) is 0 Å². The molecule has 1 heterocycles. The summed E-state index contributed by atoms with van der Waals surface area (Å²) in [5, 5.41) is 7.94. The second-order valence-electron chi connectivity index (χ2n) is 5.53. The molecule has 0 amide bonds. The minimum absolute atomic E-state index is 0.231. The Morgan fingerprint density at radius 2 is 2.04 bits per heavy atom. The smallest absolute Gasteiger partial charge is 0.250 e. The zero-order chi connectivity index (χ0) is 19.7. The number of nitrogens with zero attached hydrogens (tertiary/aromatic N) is 1. The number of rotatable bonds is 9. The van der Waals surface area contributed by atoms with Crippen LogP contribution in [0.1, 0.15) is 11.1 Å². The van der Waals surface area contributed by atoms with Gasteiger partial charge in [0.05, 0.1) is 0 Å². The van der Waals surface area contributed by atoms with Crippen LogP contribution >= 0.6 is 23.1 Å². The van der Waals surface area contributed by atoms with E-state index in [9.17, 15) is 12.8 Å². The lowest BCUT2D eigenvalue weighted by Gasteiger charge is -2.14. The fraction of sp³-hybridized carbons (Fsp3) is 0.353. The van der Waals surface area contributed by atoms with Crippen LogP contribution in [0.25, 0.3) is 0 Å². The van der Waals surface area contributed by atoms with Crippen LogP contribution in [0.15, 0.2) is 44.9 Å². The van der Waals surface area contributed by atoms with Gasteiger partial charge in [-0.2, -0.15) is 11.8 Å². The van der Waals surface area contributed by atoms with Crippen LogP contribution in [0.3, 0.4) is 0 Å². The highest BCUT2D eigenvalue weighted by molar-refractivity contribution is 7.97. The van der Waals surface area contributed by atoms with Gasteiger partial charge >= 0.3 is 0 Å². The molecule has 0 aliphatic carbocycles. The number of benzene rings is 1. The summed E-state index contributed by atoms with van der Waals surface area (Å²) >= 11 is 2.81. The average molecular weight is 431 g/mol. The van der Waals surface area contributed by atoms with Gasteiger partial charge in [-0.05, 0) is 41.0 Å². The van der Waals surface area contributed by atoms with Gasteiger partial charge in [0.15, 0.2) is 5.96 Å². The highest BCUT2D eigenvalue weighted by atomic mass is 32.2. The average Bonchev–Trinajstić information content (AvgIpc) is 3.18. The van der Waals surface area contributed by atoms with Crippen molar-refractivity contribution in [3.63, 3.8) is 0 Å². The Hall–Kier alpha value is -1.62. The molecule has 0 atom stereocenters. The molecular weight excluding hydrogens is 407 g/mol. The first kappa shape index (κ1) is 21.7. The summed E-state index contributed by atoms with van der Waals surface area (Å²) in [6, 6.07) is 8.01. The third kappa shape index (κ3) is 6.80. The molecule has 1 aromatic carbocycles. The lowest BCUT2D eigenvalue weighted by molar-refractivity contribution is 0.582. The van der Waals surface area contributed by atoms with E-state index in [-0.39, 0.29) is 12.4 Å². The molecule has 0 saturated heterocycles. The number of hydrogen-bond donors (Lipinski definition) is 3. The Balaban J connectivity index is 1.81. The molecule has 0 aliphatic heterocycles. The number of halogens is 1. The predicted octanol–water partition coefficient (Wildman–Crippen LogP) is 2.39. The number of thiophene rings is 1. The van der Waals surface area contributed by atoms with E-state index in [0.717, 1.165) is 16.9 Å². The largest absolute Gasteiger partial charge is 0.355 e. The normalized spacial score (nSPS) is 12.2. The fourth-order valence-corrected chi connectivity index (χ4v) is 4.96. The highest BCUT2D eigenvalue weighted by Crippen LogP contribution is 2.17. The summed E-state index contributed by atoms with van der Waals surface area (Å²) in [6.45, 7) is 1.11. The van der Waals surface area contributed by atoms with Crippen molar-refractivity contribution in [3.8, 4) is 0 Å². The van der Waals surface area contributed by atoms with Gasteiger partial charge in [-0.25, -0.2) is 17.5 Å². The van der Waals surface area contributed by atoms with E-state index >= 15 is 0 Å². The number of hydrogen-bond acceptors (Lipinski definition) is 5. The van der Waals surface area contributed by atoms with Gasteiger partial charge in [0.1, 0.15) is 10.0 Å². The van der Waals surface area contributed by atoms with Gasteiger partial charge < -0.3 is 10.6 Å². The van der Waals surface area contributed by atoms with Crippen LogP contribution in [-0.4, -0.2) is 40.8 Å². The van der Waals surface area contributed by atoms with E-state index in [1.54, 1.807) is 48.5 Å². The van der Waals surface area contributed by atoms with Crippen LogP contribution in [-0.2, 0) is 22.3 Å². The van der Waals surface area contributed by atoms with Crippen molar-refractivity contribution in [2.75, 3.05) is 26.4 Å². The second-order valence-corrected chi connectivity index (χ2v) is 9.34. The molecule has 0 radical (unpaired) electrons. The molecule has 2 aromatic rings. The van der Waals surface area contributed by atoms with Gasteiger partial charge in [-0.1, -0.05) is 12.1 Å². The molecule has 0 unspecified atom stereocenters. The van der Waals surface area contributed by atoms with Gasteiger partial charge in [0, 0.05) is 32.4 Å². The number of sulfonamides is 1. The molecule has 6 nitrogen and oxygen atoms in total. The first-order valence-electron chi connectivity index (χ1n) is 8.20. The number of guanidine groups is 1. The predicted molar refractivity (Wildman–Crippen MR) is 111 cm³/mol. The molecular formula is C17H23FN4O2S3. The minimum atomic E-state index is -3.46. The van der Waals surface area contributed by atoms with Crippen molar-refractivity contribution in [3.05, 3.63) is 52.7 Å². The molecule has 148 valence electrons. The van der Waals surface area contributed by atoms with E-state index in [2.05, 4.69) is 20.3 Å². The first-order valence-corrected chi connectivity index (χ1v) is 12.0. The van der Waals surface area contributed by atoms with E-state index in [0.29, 0.717) is 23.3 Å². The molecule has 0 bridgehead atoms. The van der Waals surface area contributed by atoms with Crippen molar-refractivity contribution < 1.29 is 12.8 Å². The van der Waals surface area contributed by atoms with Crippen molar-refractivity contribution in [1.82, 2.24) is 15.4 Å². The topological polar surface area (TPSA) is 82.6 Å². The van der Waals surface area contributed by atoms with E-state index in [1.807, 2.05) is 6.26 Å². The van der Waals surface area contributed by atoms with Crippen molar-refractivity contribution >= 4 is 39.1 Å². The second kappa shape index (κ2) is 10.6. The summed E-state index contributed by atoms with van der Waals surface area (Å²) in [6.07, 6.45) is 1.97.